The Morgan fingerprint density at radius 1 is 1.44 bits per heavy atom. The summed E-state index contributed by atoms with van der Waals surface area (Å²) in [7, 11) is 0. The van der Waals surface area contributed by atoms with Gasteiger partial charge in [-0.25, -0.2) is 0 Å². The normalized spacial score (nSPS) is 11.2. The molecule has 1 atom stereocenters. The summed E-state index contributed by atoms with van der Waals surface area (Å²) in [6.07, 6.45) is 5.98. The van der Waals surface area contributed by atoms with E-state index in [0.717, 1.165) is 12.8 Å². The number of hydrogen-bond donors (Lipinski definition) is 2. The predicted octanol–water partition coefficient (Wildman–Crippen LogP) is 1.89. The summed E-state index contributed by atoms with van der Waals surface area (Å²) in [5, 5.41) is 2.12. The molecule has 0 saturated heterocycles. The Morgan fingerprint density at radius 2 is 2.12 bits per heavy atom. The fourth-order valence-corrected chi connectivity index (χ4v) is 1.16. The highest BCUT2D eigenvalue weighted by Gasteiger charge is 2.11. The minimum atomic E-state index is -0.437. The van der Waals surface area contributed by atoms with Crippen molar-refractivity contribution in [3.05, 3.63) is 17.9 Å². The number of rotatable bonds is 7. The van der Waals surface area contributed by atoms with Crippen LogP contribution in [0, 0.1) is 0 Å². The minimum absolute atomic E-state index is 0.00511. The lowest BCUT2D eigenvalue weighted by atomic mass is 10.2. The topological polar surface area (TPSA) is 46.2 Å². The van der Waals surface area contributed by atoms with Crippen LogP contribution in [-0.2, 0) is 9.59 Å². The number of Topliss-reactive ketones (excluding diaryl/α,β-unsaturated/α-hetero) is 1. The second-order valence-corrected chi connectivity index (χ2v) is 4.11. The Kier molecular flexibility index (Phi) is 8.68. The summed E-state index contributed by atoms with van der Waals surface area (Å²) >= 11 is 4.12. The number of carbonyl (C=O) groups is 2. The fraction of sp³-hybridized carbons (Fsp3) is 0.583. The zero-order chi connectivity index (χ0) is 12.4. The predicted molar refractivity (Wildman–Crippen MR) is 68.6 cm³/mol. The number of nitrogens with one attached hydrogen (secondary N) is 1. The van der Waals surface area contributed by atoms with E-state index in [9.17, 15) is 9.59 Å². The van der Waals surface area contributed by atoms with E-state index in [1.165, 1.54) is 6.92 Å². The molecule has 0 saturated carbocycles. The second-order valence-electron chi connectivity index (χ2n) is 3.49. The summed E-state index contributed by atoms with van der Waals surface area (Å²) in [5.74, 6) is -0.153. The van der Waals surface area contributed by atoms with Gasteiger partial charge in [-0.2, -0.15) is 12.6 Å². The molecule has 0 heterocycles. The number of amides is 1. The summed E-state index contributed by atoms with van der Waals surface area (Å²) < 4.78 is 0. The molecule has 0 aromatic heterocycles. The van der Waals surface area contributed by atoms with Gasteiger partial charge in [-0.3, -0.25) is 9.59 Å². The van der Waals surface area contributed by atoms with Crippen LogP contribution in [-0.4, -0.2) is 23.5 Å². The molecule has 0 rings (SSSR count). The molecular weight excluding hydrogens is 222 g/mol. The van der Waals surface area contributed by atoms with Crippen LogP contribution >= 0.6 is 12.6 Å². The van der Waals surface area contributed by atoms with Gasteiger partial charge < -0.3 is 5.32 Å². The van der Waals surface area contributed by atoms with Crippen LogP contribution in [0.5, 0.6) is 0 Å². The van der Waals surface area contributed by atoms with Crippen molar-refractivity contribution < 1.29 is 9.59 Å². The van der Waals surface area contributed by atoms with E-state index < -0.39 is 5.25 Å². The van der Waals surface area contributed by atoms with Crippen LogP contribution in [0.3, 0.4) is 0 Å². The molecule has 0 aromatic rings. The molecule has 0 aliphatic rings. The molecule has 0 aliphatic carbocycles. The maximum atomic E-state index is 11.5. The van der Waals surface area contributed by atoms with Crippen molar-refractivity contribution in [3.63, 3.8) is 0 Å². The van der Waals surface area contributed by atoms with E-state index in [2.05, 4.69) is 30.6 Å². The van der Waals surface area contributed by atoms with Crippen LogP contribution in [0.1, 0.15) is 33.1 Å². The number of thiol groups is 1. The quantitative estimate of drug-likeness (QED) is 0.528. The molecule has 0 aliphatic heterocycles. The number of unbranched alkanes of at least 4 members (excludes halogenated alkanes) is 1. The molecule has 0 radical (unpaired) electrons. The third kappa shape index (κ3) is 8.33. The van der Waals surface area contributed by atoms with Crippen LogP contribution < -0.4 is 5.32 Å². The lowest BCUT2D eigenvalue weighted by Crippen LogP contribution is -2.31. The Hall–Kier alpha value is -0.990. The highest BCUT2D eigenvalue weighted by molar-refractivity contribution is 7.81. The summed E-state index contributed by atoms with van der Waals surface area (Å²) in [4.78, 5) is 22.1. The highest BCUT2D eigenvalue weighted by Crippen LogP contribution is 2.00. The Labute approximate surface area is 102 Å². The molecule has 0 unspecified atom stereocenters. The lowest BCUT2D eigenvalue weighted by molar-refractivity contribution is -0.119. The van der Waals surface area contributed by atoms with E-state index in [0.29, 0.717) is 6.42 Å². The molecule has 0 spiro atoms. The van der Waals surface area contributed by atoms with E-state index in [1.54, 1.807) is 6.08 Å². The number of carbonyl (C=O) groups excluding carboxylic acids is 2. The first-order valence-electron chi connectivity index (χ1n) is 5.42. The maximum Gasteiger partial charge on any atom is 0.216 e. The molecule has 4 heteroatoms. The van der Waals surface area contributed by atoms with Crippen molar-refractivity contribution in [3.8, 4) is 0 Å². The standard InChI is InChI=1S/C12H19NO2S/c1-3-4-5-6-7-8-11(15)12(16)9-13-10(2)14/h5,7,12,16H,3-4,8-9H2,1-2H3,(H,13,14)/t6?,12-/m0/s1. The van der Waals surface area contributed by atoms with Gasteiger partial charge in [0.05, 0.1) is 5.25 Å². The van der Waals surface area contributed by atoms with Crippen molar-refractivity contribution >= 4 is 24.3 Å². The van der Waals surface area contributed by atoms with Gasteiger partial charge in [-0.1, -0.05) is 13.3 Å². The molecule has 90 valence electrons. The van der Waals surface area contributed by atoms with Crippen LogP contribution in [0.2, 0.25) is 0 Å². The first-order valence-corrected chi connectivity index (χ1v) is 5.94. The SMILES string of the molecule is CCCC=C=CCC(=O)[C@@H](S)CNC(C)=O. The van der Waals surface area contributed by atoms with Crippen molar-refractivity contribution in [1.29, 1.82) is 0 Å². The van der Waals surface area contributed by atoms with Gasteiger partial charge in [0.2, 0.25) is 5.91 Å². The first-order chi connectivity index (χ1) is 7.57. The van der Waals surface area contributed by atoms with Gasteiger partial charge >= 0.3 is 0 Å². The average molecular weight is 241 g/mol. The van der Waals surface area contributed by atoms with Gasteiger partial charge in [-0.05, 0) is 18.6 Å². The van der Waals surface area contributed by atoms with E-state index in [1.807, 2.05) is 6.08 Å². The van der Waals surface area contributed by atoms with Gasteiger partial charge in [-0.15, -0.1) is 5.73 Å². The molecule has 16 heavy (non-hydrogen) atoms. The van der Waals surface area contributed by atoms with E-state index in [-0.39, 0.29) is 18.2 Å². The molecule has 1 amide bonds. The van der Waals surface area contributed by atoms with Crippen molar-refractivity contribution in [2.75, 3.05) is 6.54 Å². The zero-order valence-electron chi connectivity index (χ0n) is 9.82. The average Bonchev–Trinajstić information content (AvgIpc) is 2.25. The van der Waals surface area contributed by atoms with Crippen molar-refractivity contribution in [2.45, 2.75) is 38.4 Å². The highest BCUT2D eigenvalue weighted by atomic mass is 32.1. The smallest absolute Gasteiger partial charge is 0.216 e. The third-order valence-electron chi connectivity index (χ3n) is 1.89. The van der Waals surface area contributed by atoms with Gasteiger partial charge in [0.1, 0.15) is 0 Å². The molecule has 3 nitrogen and oxygen atoms in total. The Bertz CT molecular complexity index is 293. The van der Waals surface area contributed by atoms with Crippen LogP contribution in [0.25, 0.3) is 0 Å². The summed E-state index contributed by atoms with van der Waals surface area (Å²) in [6, 6.07) is 0. The van der Waals surface area contributed by atoms with Gasteiger partial charge in [0.15, 0.2) is 5.78 Å². The van der Waals surface area contributed by atoms with Crippen molar-refractivity contribution in [1.82, 2.24) is 5.32 Å². The molecule has 0 aromatic carbocycles. The summed E-state index contributed by atoms with van der Waals surface area (Å²) in [5.41, 5.74) is 2.94. The second kappa shape index (κ2) is 9.25. The Balaban J connectivity index is 3.87. The van der Waals surface area contributed by atoms with E-state index >= 15 is 0 Å². The number of ketones is 1. The summed E-state index contributed by atoms with van der Waals surface area (Å²) in [6.45, 7) is 3.78. The number of hydrogen-bond acceptors (Lipinski definition) is 3. The van der Waals surface area contributed by atoms with E-state index in [4.69, 9.17) is 0 Å². The van der Waals surface area contributed by atoms with Crippen molar-refractivity contribution in [2.24, 2.45) is 0 Å². The van der Waals surface area contributed by atoms with Gasteiger partial charge in [0.25, 0.3) is 0 Å². The third-order valence-corrected chi connectivity index (χ3v) is 2.36. The molecule has 0 fully saturated rings. The Morgan fingerprint density at radius 3 is 2.69 bits per heavy atom. The lowest BCUT2D eigenvalue weighted by Gasteiger charge is -2.07. The fourth-order valence-electron chi connectivity index (χ4n) is 0.961. The monoisotopic (exact) mass is 241 g/mol. The minimum Gasteiger partial charge on any atom is -0.355 e. The maximum absolute atomic E-state index is 11.5. The van der Waals surface area contributed by atoms with Crippen LogP contribution in [0.15, 0.2) is 17.9 Å². The molecule has 1 N–H and O–H groups in total. The molecule has 0 bridgehead atoms. The largest absolute Gasteiger partial charge is 0.355 e. The zero-order valence-corrected chi connectivity index (χ0v) is 10.7. The van der Waals surface area contributed by atoms with Gasteiger partial charge in [0, 0.05) is 19.9 Å². The first kappa shape index (κ1) is 15.0. The molecular formula is C12H19NO2S. The van der Waals surface area contributed by atoms with Crippen LogP contribution in [0.4, 0.5) is 0 Å². The number of allylic oxidation sites excluding steroid dienone is 1.